The molecule has 0 bridgehead atoms. The smallest absolute Gasteiger partial charge is 0.508 e. The number of rotatable bonds is 3. The van der Waals surface area contributed by atoms with Gasteiger partial charge in [-0.2, -0.15) is 21.6 Å². The Kier molecular flexibility index (Phi) is 3.96. The number of hydrogen-bond donors (Lipinski definition) is 1. The third kappa shape index (κ3) is 2.89. The lowest BCUT2D eigenvalue weighted by Gasteiger charge is -2.34. The van der Waals surface area contributed by atoms with Crippen molar-refractivity contribution in [2.75, 3.05) is 11.5 Å². The van der Waals surface area contributed by atoms with Crippen LogP contribution in [0.25, 0.3) is 0 Å². The largest absolute Gasteiger partial charge is 0.523 e. The molecule has 114 valence electrons. The second-order valence-corrected chi connectivity index (χ2v) is 9.22. The van der Waals surface area contributed by atoms with Crippen LogP contribution in [0.1, 0.15) is 12.8 Å². The molecule has 0 unspecified atom stereocenters. The molecule has 1 heterocycles. The van der Waals surface area contributed by atoms with E-state index < -0.39 is 25.9 Å². The van der Waals surface area contributed by atoms with Gasteiger partial charge in [-0.25, -0.2) is 3.63 Å². The minimum Gasteiger partial charge on any atom is -0.508 e. The van der Waals surface area contributed by atoms with Gasteiger partial charge in [0, 0.05) is 16.4 Å². The third-order valence-corrected chi connectivity index (χ3v) is 8.32. The number of benzene rings is 1. The van der Waals surface area contributed by atoms with Gasteiger partial charge >= 0.3 is 15.6 Å². The maximum absolute atomic E-state index is 12.5. The van der Waals surface area contributed by atoms with Crippen molar-refractivity contribution >= 4 is 20.4 Å². The van der Waals surface area contributed by atoms with Crippen LogP contribution in [0.2, 0.25) is 0 Å². The zero-order valence-corrected chi connectivity index (χ0v) is 11.9. The van der Waals surface area contributed by atoms with Crippen LogP contribution in [0.15, 0.2) is 29.2 Å². The number of halogens is 3. The molecule has 1 aliphatic heterocycles. The molecule has 1 N–H and O–H groups in total. The molecule has 1 aliphatic rings. The molecule has 9 heteroatoms. The molecule has 20 heavy (non-hydrogen) atoms. The van der Waals surface area contributed by atoms with Crippen molar-refractivity contribution in [1.29, 1.82) is 0 Å². The minimum atomic E-state index is -5.62. The molecule has 1 aromatic rings. The lowest BCUT2D eigenvalue weighted by atomic mass is 10.3. The van der Waals surface area contributed by atoms with Gasteiger partial charge < -0.3 is 5.11 Å². The fourth-order valence-corrected chi connectivity index (χ4v) is 7.21. The molecule has 0 saturated carbocycles. The van der Waals surface area contributed by atoms with Crippen molar-refractivity contribution < 1.29 is 30.3 Å². The van der Waals surface area contributed by atoms with Crippen molar-refractivity contribution in [1.82, 2.24) is 0 Å². The first-order valence-corrected chi connectivity index (χ1v) is 9.07. The summed E-state index contributed by atoms with van der Waals surface area (Å²) in [6, 6.07) is 5.46. The molecule has 0 radical (unpaired) electrons. The summed E-state index contributed by atoms with van der Waals surface area (Å²) in [6.07, 6.45) is 1.23. The highest BCUT2D eigenvalue weighted by atomic mass is 32.3. The van der Waals surface area contributed by atoms with Crippen LogP contribution in [-0.2, 0) is 13.7 Å². The third-order valence-electron chi connectivity index (χ3n) is 2.97. The predicted molar refractivity (Wildman–Crippen MR) is 69.0 cm³/mol. The molecule has 1 fully saturated rings. The van der Waals surface area contributed by atoms with Crippen molar-refractivity contribution in [3.05, 3.63) is 24.3 Å². The number of phenolic OH excluding ortho intramolecular Hbond substituents is 1. The van der Waals surface area contributed by atoms with E-state index in [2.05, 4.69) is 3.63 Å². The van der Waals surface area contributed by atoms with Crippen molar-refractivity contribution in [2.45, 2.75) is 23.2 Å². The SMILES string of the molecule is O=S(=O)(OS1(c2ccc(O)cc2)CCCC1)C(F)(F)F. The van der Waals surface area contributed by atoms with Gasteiger partial charge in [-0.05, 0) is 37.1 Å². The maximum atomic E-state index is 12.5. The van der Waals surface area contributed by atoms with E-state index in [9.17, 15) is 26.7 Å². The van der Waals surface area contributed by atoms with Crippen molar-refractivity contribution in [3.8, 4) is 5.75 Å². The van der Waals surface area contributed by atoms with Gasteiger partial charge in [0.2, 0.25) is 0 Å². The number of alkyl halides is 3. The number of aromatic hydroxyl groups is 1. The Balaban J connectivity index is 2.39. The fraction of sp³-hybridized carbons (Fsp3) is 0.455. The Labute approximate surface area is 116 Å². The Bertz CT molecular complexity index is 575. The van der Waals surface area contributed by atoms with E-state index in [1.54, 1.807) is 0 Å². The van der Waals surface area contributed by atoms with Gasteiger partial charge in [-0.15, -0.1) is 0 Å². The van der Waals surface area contributed by atoms with Crippen LogP contribution in [-0.4, -0.2) is 30.5 Å². The fourth-order valence-electron chi connectivity index (χ4n) is 2.02. The Morgan fingerprint density at radius 3 is 2.05 bits per heavy atom. The van der Waals surface area contributed by atoms with Crippen molar-refractivity contribution in [2.24, 2.45) is 0 Å². The average molecular weight is 330 g/mol. The van der Waals surface area contributed by atoms with Crippen LogP contribution in [0.5, 0.6) is 5.75 Å². The number of hydrogen-bond acceptors (Lipinski definition) is 4. The Morgan fingerprint density at radius 1 is 1.10 bits per heavy atom. The van der Waals surface area contributed by atoms with E-state index >= 15 is 0 Å². The summed E-state index contributed by atoms with van der Waals surface area (Å²) in [5.41, 5.74) is -5.42. The van der Waals surface area contributed by atoms with Gasteiger partial charge in [-0.1, -0.05) is 10.3 Å². The second-order valence-electron chi connectivity index (χ2n) is 4.39. The van der Waals surface area contributed by atoms with E-state index in [0.717, 1.165) is 0 Å². The quantitative estimate of drug-likeness (QED) is 0.865. The highest BCUT2D eigenvalue weighted by Crippen LogP contribution is 2.63. The summed E-state index contributed by atoms with van der Waals surface area (Å²) in [4.78, 5) is 0.403. The van der Waals surface area contributed by atoms with Gasteiger partial charge in [0.25, 0.3) is 0 Å². The Morgan fingerprint density at radius 2 is 1.60 bits per heavy atom. The molecule has 0 amide bonds. The molecule has 0 aliphatic carbocycles. The van der Waals surface area contributed by atoms with Crippen LogP contribution in [0.3, 0.4) is 0 Å². The maximum Gasteiger partial charge on any atom is 0.523 e. The Hall–Kier alpha value is -0.930. The van der Waals surface area contributed by atoms with E-state index in [-0.39, 0.29) is 17.3 Å². The zero-order valence-electron chi connectivity index (χ0n) is 10.3. The molecular weight excluding hydrogens is 317 g/mol. The van der Waals surface area contributed by atoms with Crippen molar-refractivity contribution in [3.63, 3.8) is 0 Å². The predicted octanol–water partition coefficient (Wildman–Crippen LogP) is 3.13. The molecule has 0 atom stereocenters. The van der Waals surface area contributed by atoms with Crippen LogP contribution < -0.4 is 0 Å². The minimum absolute atomic E-state index is 0.0417. The monoisotopic (exact) mass is 330 g/mol. The average Bonchev–Trinajstić information content (AvgIpc) is 2.77. The summed E-state index contributed by atoms with van der Waals surface area (Å²) in [7, 11) is -8.14. The second kappa shape index (κ2) is 5.12. The summed E-state index contributed by atoms with van der Waals surface area (Å²) in [5.74, 6) is 0.500. The summed E-state index contributed by atoms with van der Waals surface area (Å²) < 4.78 is 64.7. The van der Waals surface area contributed by atoms with E-state index in [4.69, 9.17) is 0 Å². The van der Waals surface area contributed by atoms with Gasteiger partial charge in [0.05, 0.1) is 0 Å². The summed E-state index contributed by atoms with van der Waals surface area (Å²) in [5, 5.41) is 9.22. The topological polar surface area (TPSA) is 63.6 Å². The first-order valence-electron chi connectivity index (χ1n) is 5.76. The van der Waals surface area contributed by atoms with Gasteiger partial charge in [0.15, 0.2) is 0 Å². The van der Waals surface area contributed by atoms with Crippen LogP contribution in [0.4, 0.5) is 13.2 Å². The lowest BCUT2D eigenvalue weighted by Crippen LogP contribution is -2.27. The summed E-state index contributed by atoms with van der Waals surface area (Å²) in [6.45, 7) is 0. The van der Waals surface area contributed by atoms with E-state index in [0.29, 0.717) is 17.7 Å². The summed E-state index contributed by atoms with van der Waals surface area (Å²) >= 11 is 0. The molecule has 4 nitrogen and oxygen atoms in total. The first kappa shape index (κ1) is 15.5. The molecule has 0 aromatic heterocycles. The normalized spacial score (nSPS) is 20.8. The van der Waals surface area contributed by atoms with Gasteiger partial charge in [-0.3, -0.25) is 0 Å². The van der Waals surface area contributed by atoms with E-state index in [1.165, 1.54) is 24.3 Å². The first-order chi connectivity index (χ1) is 9.16. The van der Waals surface area contributed by atoms with Gasteiger partial charge in [0.1, 0.15) is 5.75 Å². The molecule has 2 rings (SSSR count). The highest BCUT2D eigenvalue weighted by molar-refractivity contribution is 8.33. The molecule has 1 aromatic carbocycles. The highest BCUT2D eigenvalue weighted by Gasteiger charge is 2.51. The van der Waals surface area contributed by atoms with Crippen LogP contribution in [0, 0.1) is 0 Å². The van der Waals surface area contributed by atoms with E-state index in [1.807, 2.05) is 0 Å². The van der Waals surface area contributed by atoms with Crippen LogP contribution >= 0.6 is 10.3 Å². The zero-order chi connectivity index (χ0) is 15.0. The lowest BCUT2D eigenvalue weighted by molar-refractivity contribution is -0.0496. The molecule has 0 spiro atoms. The molecule has 1 saturated heterocycles. The molecular formula is C11H13F3O4S2. The number of phenols is 1. The standard InChI is InChI=1S/C11H13F3O4S2/c12-11(13,14)20(16,17)18-19(7-1-2-8-19)10-5-3-9(15)4-6-10/h3-6,15H,1-2,7-8H2.